The summed E-state index contributed by atoms with van der Waals surface area (Å²) in [6.07, 6.45) is 0.827. The Morgan fingerprint density at radius 3 is 2.21 bits per heavy atom. The van der Waals surface area contributed by atoms with E-state index in [1.54, 1.807) is 0 Å². The second-order valence-electron chi connectivity index (χ2n) is 4.94. The monoisotopic (exact) mass is 248 g/mol. The van der Waals surface area contributed by atoms with E-state index in [2.05, 4.69) is 59.6 Å². The van der Waals surface area contributed by atoms with Gasteiger partial charge in [0.25, 0.3) is 0 Å². The first-order valence-corrected chi connectivity index (χ1v) is 6.50. The van der Waals surface area contributed by atoms with E-state index in [0.717, 1.165) is 17.8 Å². The summed E-state index contributed by atoms with van der Waals surface area (Å²) in [5.41, 5.74) is 4.59. The standard InChI is InChI=1S/C17H16N2/c1-12-7-9-14(10-8-12)11-17-16-6-4-3-5-15(16)13(2)18-19-17/h3-10H,11H2,1-2H3. The molecule has 0 saturated heterocycles. The zero-order chi connectivity index (χ0) is 13.2. The van der Waals surface area contributed by atoms with E-state index in [4.69, 9.17) is 0 Å². The van der Waals surface area contributed by atoms with Crippen LogP contribution in [-0.2, 0) is 6.42 Å². The lowest BCUT2D eigenvalue weighted by Gasteiger charge is -2.07. The number of hydrogen-bond donors (Lipinski definition) is 0. The molecular weight excluding hydrogens is 232 g/mol. The van der Waals surface area contributed by atoms with Gasteiger partial charge in [0, 0.05) is 17.2 Å². The van der Waals surface area contributed by atoms with Crippen LogP contribution in [0.2, 0.25) is 0 Å². The molecule has 0 amide bonds. The lowest BCUT2D eigenvalue weighted by molar-refractivity contribution is 0.930. The van der Waals surface area contributed by atoms with Gasteiger partial charge in [0.2, 0.25) is 0 Å². The Balaban J connectivity index is 2.06. The third kappa shape index (κ3) is 2.34. The van der Waals surface area contributed by atoms with E-state index < -0.39 is 0 Å². The molecule has 0 N–H and O–H groups in total. The Kier molecular flexibility index (Phi) is 3.00. The van der Waals surface area contributed by atoms with E-state index in [1.807, 2.05) is 13.0 Å². The maximum Gasteiger partial charge on any atom is 0.0753 e. The highest BCUT2D eigenvalue weighted by molar-refractivity contribution is 5.86. The van der Waals surface area contributed by atoms with Crippen molar-refractivity contribution in [3.8, 4) is 0 Å². The number of benzene rings is 2. The maximum atomic E-state index is 4.37. The van der Waals surface area contributed by atoms with Gasteiger partial charge in [0.05, 0.1) is 11.4 Å². The van der Waals surface area contributed by atoms with Crippen LogP contribution in [0.5, 0.6) is 0 Å². The predicted molar refractivity (Wildman–Crippen MR) is 78.3 cm³/mol. The second kappa shape index (κ2) is 4.81. The molecule has 0 saturated carbocycles. The van der Waals surface area contributed by atoms with Crippen molar-refractivity contribution in [2.24, 2.45) is 0 Å². The summed E-state index contributed by atoms with van der Waals surface area (Å²) in [4.78, 5) is 0. The van der Waals surface area contributed by atoms with Crippen molar-refractivity contribution in [1.29, 1.82) is 0 Å². The number of nitrogens with zero attached hydrogens (tertiary/aromatic N) is 2. The lowest BCUT2D eigenvalue weighted by Crippen LogP contribution is -1.98. The van der Waals surface area contributed by atoms with Crippen LogP contribution in [0.25, 0.3) is 10.8 Å². The highest BCUT2D eigenvalue weighted by Gasteiger charge is 2.06. The highest BCUT2D eigenvalue weighted by atomic mass is 15.1. The number of aryl methyl sites for hydroxylation is 2. The number of fused-ring (bicyclic) bond motifs is 1. The highest BCUT2D eigenvalue weighted by Crippen LogP contribution is 2.21. The lowest BCUT2D eigenvalue weighted by atomic mass is 10.0. The van der Waals surface area contributed by atoms with Crippen molar-refractivity contribution in [1.82, 2.24) is 10.2 Å². The number of aromatic nitrogens is 2. The fraction of sp³-hybridized carbons (Fsp3) is 0.176. The minimum atomic E-state index is 0.827. The molecule has 0 fully saturated rings. The molecule has 3 aromatic rings. The van der Waals surface area contributed by atoms with Crippen molar-refractivity contribution in [2.45, 2.75) is 20.3 Å². The average Bonchev–Trinajstić information content (AvgIpc) is 2.45. The molecule has 2 heteroatoms. The molecule has 2 nitrogen and oxygen atoms in total. The molecule has 0 bridgehead atoms. The van der Waals surface area contributed by atoms with Crippen LogP contribution in [0.4, 0.5) is 0 Å². The van der Waals surface area contributed by atoms with Crippen molar-refractivity contribution in [3.05, 3.63) is 71.0 Å². The molecule has 0 aliphatic rings. The second-order valence-corrected chi connectivity index (χ2v) is 4.94. The molecule has 0 aliphatic carbocycles. The van der Waals surface area contributed by atoms with Gasteiger partial charge in [-0.1, -0.05) is 54.1 Å². The molecule has 19 heavy (non-hydrogen) atoms. The summed E-state index contributed by atoms with van der Waals surface area (Å²) in [6, 6.07) is 16.9. The van der Waals surface area contributed by atoms with E-state index in [1.165, 1.54) is 21.9 Å². The van der Waals surface area contributed by atoms with Crippen molar-refractivity contribution < 1.29 is 0 Å². The molecule has 0 atom stereocenters. The fourth-order valence-corrected chi connectivity index (χ4v) is 2.32. The normalized spacial score (nSPS) is 10.8. The molecule has 0 unspecified atom stereocenters. The Bertz CT molecular complexity index is 715. The predicted octanol–water partition coefficient (Wildman–Crippen LogP) is 3.84. The summed E-state index contributed by atoms with van der Waals surface area (Å²) in [5, 5.41) is 11.0. The van der Waals surface area contributed by atoms with Gasteiger partial charge in [-0.15, -0.1) is 0 Å². The third-order valence-electron chi connectivity index (χ3n) is 3.44. The van der Waals surface area contributed by atoms with Gasteiger partial charge in [0.15, 0.2) is 0 Å². The van der Waals surface area contributed by atoms with Gasteiger partial charge in [-0.05, 0) is 19.4 Å². The summed E-state index contributed by atoms with van der Waals surface area (Å²) in [7, 11) is 0. The van der Waals surface area contributed by atoms with Crippen molar-refractivity contribution in [3.63, 3.8) is 0 Å². The van der Waals surface area contributed by atoms with E-state index in [9.17, 15) is 0 Å². The molecule has 1 heterocycles. The van der Waals surface area contributed by atoms with E-state index in [-0.39, 0.29) is 0 Å². The minimum Gasteiger partial charge on any atom is -0.155 e. The van der Waals surface area contributed by atoms with Crippen molar-refractivity contribution in [2.75, 3.05) is 0 Å². The molecule has 0 aliphatic heterocycles. The van der Waals surface area contributed by atoms with Crippen LogP contribution < -0.4 is 0 Å². The van der Waals surface area contributed by atoms with Gasteiger partial charge >= 0.3 is 0 Å². The number of hydrogen-bond acceptors (Lipinski definition) is 2. The molecule has 0 spiro atoms. The first kappa shape index (κ1) is 11.8. The minimum absolute atomic E-state index is 0.827. The van der Waals surface area contributed by atoms with Crippen LogP contribution in [0.1, 0.15) is 22.5 Å². The Hall–Kier alpha value is -2.22. The van der Waals surface area contributed by atoms with Gasteiger partial charge in [0.1, 0.15) is 0 Å². The summed E-state index contributed by atoms with van der Waals surface area (Å²) in [6.45, 7) is 4.11. The average molecular weight is 248 g/mol. The quantitative estimate of drug-likeness (QED) is 0.688. The first-order valence-electron chi connectivity index (χ1n) is 6.50. The summed E-state index contributed by atoms with van der Waals surface area (Å²) < 4.78 is 0. The van der Waals surface area contributed by atoms with Crippen LogP contribution in [0, 0.1) is 13.8 Å². The maximum absolute atomic E-state index is 4.37. The Morgan fingerprint density at radius 2 is 1.47 bits per heavy atom. The smallest absolute Gasteiger partial charge is 0.0753 e. The zero-order valence-corrected chi connectivity index (χ0v) is 11.2. The zero-order valence-electron chi connectivity index (χ0n) is 11.2. The van der Waals surface area contributed by atoms with Gasteiger partial charge in [-0.25, -0.2) is 0 Å². The van der Waals surface area contributed by atoms with Crippen LogP contribution >= 0.6 is 0 Å². The van der Waals surface area contributed by atoms with Crippen molar-refractivity contribution >= 4 is 10.8 Å². The molecule has 1 aromatic heterocycles. The molecule has 3 rings (SSSR count). The fourth-order valence-electron chi connectivity index (χ4n) is 2.32. The number of rotatable bonds is 2. The topological polar surface area (TPSA) is 25.8 Å². The molecule has 0 radical (unpaired) electrons. The van der Waals surface area contributed by atoms with Crippen LogP contribution in [0.15, 0.2) is 48.5 Å². The summed E-state index contributed by atoms with van der Waals surface area (Å²) in [5.74, 6) is 0. The van der Waals surface area contributed by atoms with E-state index >= 15 is 0 Å². The van der Waals surface area contributed by atoms with Gasteiger partial charge < -0.3 is 0 Å². The Morgan fingerprint density at radius 1 is 0.789 bits per heavy atom. The van der Waals surface area contributed by atoms with Crippen LogP contribution in [-0.4, -0.2) is 10.2 Å². The first-order chi connectivity index (χ1) is 9.24. The van der Waals surface area contributed by atoms with E-state index in [0.29, 0.717) is 0 Å². The van der Waals surface area contributed by atoms with Crippen LogP contribution in [0.3, 0.4) is 0 Å². The summed E-state index contributed by atoms with van der Waals surface area (Å²) >= 11 is 0. The largest absolute Gasteiger partial charge is 0.155 e. The third-order valence-corrected chi connectivity index (χ3v) is 3.44. The molecular formula is C17H16N2. The van der Waals surface area contributed by atoms with Gasteiger partial charge in [-0.3, -0.25) is 0 Å². The SMILES string of the molecule is Cc1ccc(Cc2nnc(C)c3ccccc23)cc1. The van der Waals surface area contributed by atoms with Gasteiger partial charge in [-0.2, -0.15) is 10.2 Å². The Labute approximate surface area is 113 Å². The molecule has 2 aromatic carbocycles. The molecule has 94 valence electrons.